The van der Waals surface area contributed by atoms with E-state index in [4.69, 9.17) is 4.74 Å². The van der Waals surface area contributed by atoms with Crippen LogP contribution in [0.5, 0.6) is 0 Å². The Hall–Kier alpha value is -2.57. The van der Waals surface area contributed by atoms with Crippen LogP contribution in [0.4, 0.5) is 5.69 Å². The van der Waals surface area contributed by atoms with Crippen LogP contribution >= 0.6 is 31.9 Å². The molecule has 1 aromatic heterocycles. The molecule has 0 amide bonds. The van der Waals surface area contributed by atoms with E-state index < -0.39 is 15.8 Å². The Balaban J connectivity index is 0.000000222. The van der Waals surface area contributed by atoms with Crippen molar-refractivity contribution in [2.24, 2.45) is 0 Å². The average Bonchev–Trinajstić information content (AvgIpc) is 2.93. The fourth-order valence-corrected chi connectivity index (χ4v) is 6.80. The zero-order valence-corrected chi connectivity index (χ0v) is 24.3. The van der Waals surface area contributed by atoms with Gasteiger partial charge in [0.1, 0.15) is 13.0 Å². The van der Waals surface area contributed by atoms with Crippen molar-refractivity contribution in [1.82, 2.24) is 9.29 Å². The molecule has 0 unspecified atom stereocenters. The van der Waals surface area contributed by atoms with Crippen LogP contribution in [0.2, 0.25) is 0 Å². The van der Waals surface area contributed by atoms with Crippen LogP contribution in [0.3, 0.4) is 0 Å². The summed E-state index contributed by atoms with van der Waals surface area (Å²) in [5.74, 6) is -0.552. The molecule has 38 heavy (non-hydrogen) atoms. The number of sulfonamides is 1. The van der Waals surface area contributed by atoms with Gasteiger partial charge in [-0.15, -0.1) is 0 Å². The lowest BCUT2D eigenvalue weighted by atomic mass is 10.0. The van der Waals surface area contributed by atoms with E-state index in [9.17, 15) is 13.2 Å². The molecule has 0 spiro atoms. The van der Waals surface area contributed by atoms with Crippen molar-refractivity contribution in [2.75, 3.05) is 24.7 Å². The fourth-order valence-electron chi connectivity index (χ4n) is 4.65. The van der Waals surface area contributed by atoms with E-state index in [0.717, 1.165) is 27.2 Å². The van der Waals surface area contributed by atoms with Gasteiger partial charge in [0.2, 0.25) is 10.0 Å². The van der Waals surface area contributed by atoms with Crippen molar-refractivity contribution >= 4 is 58.5 Å². The highest BCUT2D eigenvalue weighted by Gasteiger charge is 2.33. The fraction of sp³-hybridized carbons (Fsp3) is 0.259. The second-order valence-corrected chi connectivity index (χ2v) is 12.8. The summed E-state index contributed by atoms with van der Waals surface area (Å²) in [6.45, 7) is 2.21. The van der Waals surface area contributed by atoms with Crippen molar-refractivity contribution in [1.29, 1.82) is 0 Å². The van der Waals surface area contributed by atoms with Crippen LogP contribution in [0.25, 0.3) is 10.9 Å². The molecule has 3 aromatic carbocycles. The van der Waals surface area contributed by atoms with Crippen molar-refractivity contribution < 1.29 is 17.6 Å². The molecule has 11 heteroatoms. The zero-order valence-electron chi connectivity index (χ0n) is 20.3. The normalized spacial score (nSPS) is 16.5. The van der Waals surface area contributed by atoms with Gasteiger partial charge in [0.05, 0.1) is 17.0 Å². The summed E-state index contributed by atoms with van der Waals surface area (Å²) in [6, 6.07) is 20.7. The molecule has 2 aliphatic rings. The number of aromatic nitrogens is 1. The Labute approximate surface area is 237 Å². The minimum Gasteiger partial charge on any atom is -0.416 e. The van der Waals surface area contributed by atoms with Gasteiger partial charge in [0.25, 0.3) is 0 Å². The first kappa shape index (κ1) is 27.0. The van der Waals surface area contributed by atoms with Gasteiger partial charge >= 0.3 is 5.76 Å². The molecule has 0 radical (unpaired) electrons. The minimum absolute atomic E-state index is 0.279. The number of rotatable bonds is 3. The Morgan fingerprint density at radius 3 is 2.39 bits per heavy atom. The van der Waals surface area contributed by atoms with E-state index in [0.29, 0.717) is 36.8 Å². The van der Waals surface area contributed by atoms with Gasteiger partial charge in [-0.2, -0.15) is 9.29 Å². The molecule has 0 atom stereocenters. The molecule has 6 rings (SSSR count). The summed E-state index contributed by atoms with van der Waals surface area (Å²) in [5, 5.41) is 0.840. The molecular formula is C27H25Br2N3O5S. The number of nitrogens with zero attached hydrogens (tertiary/aromatic N) is 3. The van der Waals surface area contributed by atoms with E-state index in [1.54, 1.807) is 34.6 Å². The summed E-state index contributed by atoms with van der Waals surface area (Å²) in [7, 11) is -3.44. The standard InChI is InChI=1S/C19H20Br2N2O3S.C8H5NO2/c20-15-1-4-18(5-2-15)27(24,25)22-9-7-17(8-10-22)23-13-26-12-14-11-16(21)3-6-19(14)23;10-8-9-7-4-2-1-3-6(7)5-11-8/h1-6,11,17H,7-10,12-13H2;1-5H. The van der Waals surface area contributed by atoms with Crippen molar-refractivity contribution in [3.63, 3.8) is 0 Å². The van der Waals surface area contributed by atoms with Crippen LogP contribution in [-0.4, -0.2) is 43.6 Å². The molecule has 8 nitrogen and oxygen atoms in total. The van der Waals surface area contributed by atoms with Gasteiger partial charge < -0.3 is 14.1 Å². The Morgan fingerprint density at radius 2 is 1.63 bits per heavy atom. The predicted molar refractivity (Wildman–Crippen MR) is 152 cm³/mol. The molecule has 1 saturated heterocycles. The monoisotopic (exact) mass is 661 g/mol. The largest absolute Gasteiger partial charge is 0.439 e. The first-order valence-electron chi connectivity index (χ1n) is 12.0. The highest BCUT2D eigenvalue weighted by Crippen LogP contribution is 2.33. The van der Waals surface area contributed by atoms with Gasteiger partial charge in [0, 0.05) is 44.7 Å². The molecule has 0 N–H and O–H groups in total. The zero-order chi connectivity index (χ0) is 26.7. The molecule has 0 aliphatic carbocycles. The topological polar surface area (TPSA) is 93.0 Å². The number of para-hydroxylation sites is 1. The lowest BCUT2D eigenvalue weighted by Gasteiger charge is -2.41. The highest BCUT2D eigenvalue weighted by molar-refractivity contribution is 9.10. The highest BCUT2D eigenvalue weighted by atomic mass is 79.9. The predicted octanol–water partition coefficient (Wildman–Crippen LogP) is 5.55. The van der Waals surface area contributed by atoms with E-state index in [2.05, 4.69) is 58.3 Å². The van der Waals surface area contributed by atoms with Gasteiger partial charge in [-0.25, -0.2) is 13.2 Å². The van der Waals surface area contributed by atoms with Crippen molar-refractivity contribution in [3.05, 3.63) is 98.1 Å². The molecule has 0 bridgehead atoms. The molecule has 198 valence electrons. The lowest BCUT2D eigenvalue weighted by Crippen LogP contribution is -2.48. The summed E-state index contributed by atoms with van der Waals surface area (Å²) in [6.07, 6.45) is 2.98. The summed E-state index contributed by atoms with van der Waals surface area (Å²) < 4.78 is 39.6. The van der Waals surface area contributed by atoms with E-state index in [-0.39, 0.29) is 6.04 Å². The third-order valence-electron chi connectivity index (χ3n) is 6.59. The number of halogens is 2. The maximum Gasteiger partial charge on any atom is 0.439 e. The van der Waals surface area contributed by atoms with Gasteiger partial charge in [0.15, 0.2) is 0 Å². The van der Waals surface area contributed by atoms with Crippen LogP contribution in [0, 0.1) is 0 Å². The van der Waals surface area contributed by atoms with Crippen LogP contribution in [0.1, 0.15) is 18.4 Å². The molecule has 0 saturated carbocycles. The van der Waals surface area contributed by atoms with Gasteiger partial charge in [-0.1, -0.05) is 44.0 Å². The van der Waals surface area contributed by atoms with Crippen molar-refractivity contribution in [3.8, 4) is 0 Å². The number of ether oxygens (including phenoxy) is 1. The Bertz CT molecular complexity index is 1590. The maximum atomic E-state index is 12.9. The number of fused-ring (bicyclic) bond motifs is 2. The average molecular weight is 663 g/mol. The molecule has 2 aliphatic heterocycles. The van der Waals surface area contributed by atoms with E-state index in [1.165, 1.54) is 17.5 Å². The van der Waals surface area contributed by atoms with E-state index >= 15 is 0 Å². The second-order valence-electron chi connectivity index (χ2n) is 8.98. The number of hydrogen-bond donors (Lipinski definition) is 0. The quantitative estimate of drug-likeness (QED) is 0.284. The second kappa shape index (κ2) is 11.7. The number of piperidine rings is 1. The molecular weight excluding hydrogens is 638 g/mol. The third kappa shape index (κ3) is 6.02. The number of hydrogen-bond acceptors (Lipinski definition) is 7. The molecule has 3 heterocycles. The van der Waals surface area contributed by atoms with Crippen LogP contribution in [-0.2, 0) is 21.4 Å². The Morgan fingerprint density at radius 1 is 0.921 bits per heavy atom. The first-order chi connectivity index (χ1) is 18.3. The van der Waals surface area contributed by atoms with Gasteiger partial charge in [-0.05, 0) is 67.4 Å². The van der Waals surface area contributed by atoms with Gasteiger partial charge in [-0.3, -0.25) is 0 Å². The minimum atomic E-state index is -3.44. The van der Waals surface area contributed by atoms with E-state index in [1.807, 2.05) is 24.3 Å². The number of anilines is 1. The Kier molecular flexibility index (Phi) is 8.29. The smallest absolute Gasteiger partial charge is 0.416 e. The number of benzene rings is 3. The SMILES string of the molecule is O=S(=O)(c1ccc(Br)cc1)N1CCC(N2COCc3cc(Br)ccc32)CC1.O=c1nc2ccccc2co1. The molecule has 4 aromatic rings. The summed E-state index contributed by atoms with van der Waals surface area (Å²) in [4.78, 5) is 16.9. The lowest BCUT2D eigenvalue weighted by molar-refractivity contribution is 0.0987. The summed E-state index contributed by atoms with van der Waals surface area (Å²) in [5.41, 5.74) is 3.03. The third-order valence-corrected chi connectivity index (χ3v) is 9.52. The molecule has 1 fully saturated rings. The van der Waals surface area contributed by atoms with Crippen LogP contribution in [0.15, 0.2) is 96.0 Å². The summed E-state index contributed by atoms with van der Waals surface area (Å²) >= 11 is 6.86. The maximum absolute atomic E-state index is 12.9. The first-order valence-corrected chi connectivity index (χ1v) is 15.1. The van der Waals surface area contributed by atoms with Crippen molar-refractivity contribution in [2.45, 2.75) is 30.4 Å². The van der Waals surface area contributed by atoms with Crippen LogP contribution < -0.4 is 10.7 Å².